The molecule has 0 amide bonds. The van der Waals surface area contributed by atoms with Crippen molar-refractivity contribution >= 4 is 45.3 Å². The van der Waals surface area contributed by atoms with Gasteiger partial charge in [0.2, 0.25) is 11.6 Å². The summed E-state index contributed by atoms with van der Waals surface area (Å²) in [5, 5.41) is 3.18. The number of benzene rings is 4. The topological polar surface area (TPSA) is 66.4 Å². The Morgan fingerprint density at radius 1 is 0.696 bits per heavy atom. The molecule has 2 aromatic heterocycles. The number of fused-ring (bicyclic) bond motifs is 4. The molecule has 0 N–H and O–H groups in total. The van der Waals surface area contributed by atoms with Gasteiger partial charge in [0.25, 0.3) is 0 Å². The maximum Gasteiger partial charge on any atom is 0.205 e. The molecule has 1 atom stereocenters. The van der Waals surface area contributed by atoms with Crippen LogP contribution in [0.15, 0.2) is 169 Å². The molecular formula is C48H43ClCuN4O2. The molecule has 4 aromatic carbocycles. The SMILES string of the molecule is CN1/C(=C\C(=O)c2ccccn2)C(C)(Cc2ccccc2)c2c1ccc1ccccc21.CN1/C(=C\C=C\C(=O)c2ccccn2)C(C)(C)c2cc(Cl)ccc21.[Cu]. The fourth-order valence-electron chi connectivity index (χ4n) is 8.02. The van der Waals surface area contributed by atoms with Crippen molar-refractivity contribution in [3.63, 3.8) is 0 Å². The third kappa shape index (κ3) is 7.76. The van der Waals surface area contributed by atoms with Crippen LogP contribution in [0.2, 0.25) is 5.02 Å². The van der Waals surface area contributed by atoms with Crippen LogP contribution in [-0.4, -0.2) is 35.6 Å². The third-order valence-corrected chi connectivity index (χ3v) is 11.0. The summed E-state index contributed by atoms with van der Waals surface area (Å²) in [6, 6.07) is 40.0. The number of hydrogen-bond acceptors (Lipinski definition) is 6. The average Bonchev–Trinajstić information content (AvgIpc) is 3.53. The first-order chi connectivity index (χ1) is 26.5. The molecule has 1 radical (unpaired) electrons. The number of ketones is 2. The first kappa shape index (κ1) is 40.1. The van der Waals surface area contributed by atoms with Crippen molar-refractivity contribution in [2.45, 2.75) is 38.0 Å². The van der Waals surface area contributed by atoms with Crippen LogP contribution < -0.4 is 9.80 Å². The first-order valence-corrected chi connectivity index (χ1v) is 18.7. The molecule has 0 fully saturated rings. The Morgan fingerprint density at radius 3 is 1.98 bits per heavy atom. The van der Waals surface area contributed by atoms with Crippen molar-refractivity contribution in [1.29, 1.82) is 0 Å². The second-order valence-corrected chi connectivity index (χ2v) is 15.1. The van der Waals surface area contributed by atoms with Crippen LogP contribution in [0.1, 0.15) is 58.4 Å². The van der Waals surface area contributed by atoms with E-state index in [4.69, 9.17) is 11.6 Å². The maximum atomic E-state index is 13.1. The van der Waals surface area contributed by atoms with E-state index < -0.39 is 0 Å². The minimum atomic E-state index is -0.350. The summed E-state index contributed by atoms with van der Waals surface area (Å²) < 4.78 is 0. The van der Waals surface area contributed by atoms with E-state index in [9.17, 15) is 9.59 Å². The molecule has 2 aliphatic rings. The number of nitrogens with zero attached hydrogens (tertiary/aromatic N) is 4. The van der Waals surface area contributed by atoms with Crippen LogP contribution in [0.5, 0.6) is 0 Å². The molecular weight excluding hydrogens is 764 g/mol. The summed E-state index contributed by atoms with van der Waals surface area (Å²) in [5.74, 6) is -0.176. The number of halogens is 1. The van der Waals surface area contributed by atoms with Crippen molar-refractivity contribution in [2.24, 2.45) is 0 Å². The van der Waals surface area contributed by atoms with Crippen molar-refractivity contribution < 1.29 is 26.7 Å². The van der Waals surface area contributed by atoms with E-state index in [-0.39, 0.29) is 39.5 Å². The number of likely N-dealkylation sites (N-methyl/N-ethyl adjacent to an activating group) is 2. The second-order valence-electron chi connectivity index (χ2n) is 14.7. The Balaban J connectivity index is 0.000000193. The normalized spacial score (nSPS) is 18.0. The molecule has 0 spiro atoms. The van der Waals surface area contributed by atoms with Crippen LogP contribution in [0.3, 0.4) is 0 Å². The molecule has 8 heteroatoms. The number of aromatic nitrogens is 2. The van der Waals surface area contributed by atoms with E-state index in [1.54, 1.807) is 54.9 Å². The van der Waals surface area contributed by atoms with Gasteiger partial charge in [0.05, 0.1) is 0 Å². The second kappa shape index (κ2) is 16.6. The van der Waals surface area contributed by atoms with Crippen LogP contribution in [0.25, 0.3) is 10.8 Å². The zero-order chi connectivity index (χ0) is 38.7. The molecule has 0 saturated heterocycles. The van der Waals surface area contributed by atoms with E-state index in [1.165, 1.54) is 27.5 Å². The molecule has 0 bridgehead atoms. The minimum absolute atomic E-state index is 0. The van der Waals surface area contributed by atoms with Crippen molar-refractivity contribution in [1.82, 2.24) is 9.97 Å². The van der Waals surface area contributed by atoms with Crippen LogP contribution in [0.4, 0.5) is 11.4 Å². The molecule has 1 unspecified atom stereocenters. The molecule has 4 heterocycles. The van der Waals surface area contributed by atoms with E-state index in [1.807, 2.05) is 49.5 Å². The van der Waals surface area contributed by atoms with Gasteiger partial charge in [-0.15, -0.1) is 0 Å². The predicted octanol–water partition coefficient (Wildman–Crippen LogP) is 10.7. The summed E-state index contributed by atoms with van der Waals surface area (Å²) in [6.45, 7) is 6.57. The maximum absolute atomic E-state index is 13.1. The monoisotopic (exact) mass is 805 g/mol. The largest absolute Gasteiger partial charge is 0.347 e. The van der Waals surface area contributed by atoms with Crippen molar-refractivity contribution in [2.75, 3.05) is 23.9 Å². The molecule has 0 aliphatic carbocycles. The smallest absolute Gasteiger partial charge is 0.205 e. The van der Waals surface area contributed by atoms with Gasteiger partial charge in [-0.05, 0) is 101 Å². The standard InChI is InChI=1S/C28H24N2O.C20H19ClN2O.Cu/c1-28(19-20-10-4-3-5-11-20)26(18-25(31)23-14-8-9-17-29-23)30(2)24-16-15-21-12-6-7-13-22(21)27(24)28;1-20(2)15-13-14(21)10-11-17(15)23(3)19(20)9-6-8-18(24)16-7-4-5-12-22-16;/h3-18H,19H2,1-2H3;4-13H,1-3H3;/b26-18-;8-6+,19-9-;. The summed E-state index contributed by atoms with van der Waals surface area (Å²) in [6.07, 6.45) is 11.2. The third-order valence-electron chi connectivity index (χ3n) is 10.7. The van der Waals surface area contributed by atoms with Gasteiger partial charge in [-0.2, -0.15) is 0 Å². The van der Waals surface area contributed by atoms with E-state index >= 15 is 0 Å². The Bertz CT molecular complexity index is 2480. The van der Waals surface area contributed by atoms with E-state index in [2.05, 4.69) is 108 Å². The minimum Gasteiger partial charge on any atom is -0.347 e. The fraction of sp³-hybridized carbons (Fsp3) is 0.167. The van der Waals surface area contributed by atoms with Gasteiger partial charge in [-0.1, -0.05) is 104 Å². The molecule has 2 aliphatic heterocycles. The predicted molar refractivity (Wildman–Crippen MR) is 225 cm³/mol. The van der Waals surface area contributed by atoms with Crippen molar-refractivity contribution in [3.8, 4) is 0 Å². The molecule has 8 rings (SSSR count). The molecule has 56 heavy (non-hydrogen) atoms. The summed E-state index contributed by atoms with van der Waals surface area (Å²) in [5.41, 5.74) is 8.50. The van der Waals surface area contributed by atoms with Gasteiger partial charge in [0, 0.05) is 88.3 Å². The number of hydrogen-bond donors (Lipinski definition) is 0. The Hall–Kier alpha value is -5.59. The zero-order valence-electron chi connectivity index (χ0n) is 32.0. The van der Waals surface area contributed by atoms with Gasteiger partial charge in [-0.3, -0.25) is 19.6 Å². The summed E-state index contributed by atoms with van der Waals surface area (Å²) in [4.78, 5) is 37.9. The number of carbonyl (C=O) groups excluding carboxylic acids is 2. The van der Waals surface area contributed by atoms with Crippen LogP contribution in [0, 0.1) is 0 Å². The van der Waals surface area contributed by atoms with Gasteiger partial charge in [0.15, 0.2) is 0 Å². The Labute approximate surface area is 344 Å². The van der Waals surface area contributed by atoms with Gasteiger partial charge in [-0.25, -0.2) is 0 Å². The Kier molecular flexibility index (Phi) is 11.9. The zero-order valence-corrected chi connectivity index (χ0v) is 33.7. The molecule has 285 valence electrons. The quantitative estimate of drug-likeness (QED) is 0.0909. The average molecular weight is 807 g/mol. The molecule has 0 saturated carbocycles. The van der Waals surface area contributed by atoms with Crippen LogP contribution in [-0.2, 0) is 34.3 Å². The number of rotatable bonds is 7. The first-order valence-electron chi connectivity index (χ1n) is 18.3. The van der Waals surface area contributed by atoms with Crippen molar-refractivity contribution in [3.05, 3.63) is 203 Å². The number of carbonyl (C=O) groups is 2. The number of anilines is 2. The fourth-order valence-corrected chi connectivity index (χ4v) is 8.19. The van der Waals surface area contributed by atoms with Crippen LogP contribution >= 0.6 is 11.6 Å². The van der Waals surface area contributed by atoms with Gasteiger partial charge >= 0.3 is 0 Å². The summed E-state index contributed by atoms with van der Waals surface area (Å²) >= 11 is 6.16. The molecule has 6 aromatic rings. The molecule has 6 nitrogen and oxygen atoms in total. The summed E-state index contributed by atoms with van der Waals surface area (Å²) in [7, 11) is 4.09. The number of pyridine rings is 2. The Morgan fingerprint density at radius 2 is 1.30 bits per heavy atom. The van der Waals surface area contributed by atoms with E-state index in [0.29, 0.717) is 11.4 Å². The van der Waals surface area contributed by atoms with Gasteiger partial charge in [0.1, 0.15) is 11.4 Å². The van der Waals surface area contributed by atoms with Gasteiger partial charge < -0.3 is 9.80 Å². The number of allylic oxidation sites excluding steroid dienone is 6. The van der Waals surface area contributed by atoms with E-state index in [0.717, 1.165) is 34.2 Å².